The Morgan fingerprint density at radius 1 is 1.08 bits per heavy atom. The number of aromatic nitrogens is 2. The fourth-order valence-corrected chi connectivity index (χ4v) is 6.20. The van der Waals surface area contributed by atoms with Crippen LogP contribution in [0.3, 0.4) is 0 Å². The third-order valence-electron chi connectivity index (χ3n) is 6.77. The average Bonchev–Trinajstić information content (AvgIpc) is 3.06. The number of carbonyl (C=O) groups is 3. The first-order valence-electron chi connectivity index (χ1n) is 13.0. The van der Waals surface area contributed by atoms with Crippen molar-refractivity contribution in [1.82, 2.24) is 24.9 Å². The molecule has 2 N–H and O–H groups in total. The molecule has 1 saturated heterocycles. The molecular weight excluding hydrogens is 518 g/mol. The van der Waals surface area contributed by atoms with Gasteiger partial charge in [0.05, 0.1) is 23.7 Å². The lowest BCUT2D eigenvalue weighted by Gasteiger charge is -2.25. The van der Waals surface area contributed by atoms with Gasteiger partial charge in [0.2, 0.25) is 5.91 Å². The van der Waals surface area contributed by atoms with E-state index in [9.17, 15) is 22.8 Å². The lowest BCUT2D eigenvalue weighted by Crippen LogP contribution is -2.52. The summed E-state index contributed by atoms with van der Waals surface area (Å²) in [5.41, 5.74) is 1.08. The molecule has 0 aliphatic carbocycles. The quantitative estimate of drug-likeness (QED) is 0.439. The van der Waals surface area contributed by atoms with Crippen molar-refractivity contribution in [2.45, 2.75) is 63.2 Å². The number of amides is 2. The molecule has 1 fully saturated rings. The van der Waals surface area contributed by atoms with Crippen molar-refractivity contribution in [2.24, 2.45) is 5.92 Å². The molecule has 39 heavy (non-hydrogen) atoms. The van der Waals surface area contributed by atoms with E-state index in [2.05, 4.69) is 20.6 Å². The molecule has 0 radical (unpaired) electrons. The van der Waals surface area contributed by atoms with Crippen LogP contribution in [0.1, 0.15) is 50.4 Å². The first-order valence-corrected chi connectivity index (χ1v) is 14.4. The van der Waals surface area contributed by atoms with E-state index in [-0.39, 0.29) is 23.9 Å². The molecule has 0 bridgehead atoms. The first kappa shape index (κ1) is 28.3. The van der Waals surface area contributed by atoms with Gasteiger partial charge in [-0.3, -0.25) is 19.4 Å². The van der Waals surface area contributed by atoms with E-state index >= 15 is 0 Å². The molecule has 4 rings (SSSR count). The van der Waals surface area contributed by atoms with Gasteiger partial charge in [-0.2, -0.15) is 4.31 Å². The Morgan fingerprint density at radius 3 is 2.54 bits per heavy atom. The van der Waals surface area contributed by atoms with Crippen LogP contribution in [0.2, 0.25) is 0 Å². The van der Waals surface area contributed by atoms with Crippen molar-refractivity contribution in [3.63, 3.8) is 0 Å². The van der Waals surface area contributed by atoms with Gasteiger partial charge in [0.1, 0.15) is 6.04 Å². The van der Waals surface area contributed by atoms with Gasteiger partial charge in [-0.15, -0.1) is 0 Å². The van der Waals surface area contributed by atoms with Crippen molar-refractivity contribution in [3.05, 3.63) is 66.5 Å². The summed E-state index contributed by atoms with van der Waals surface area (Å²) < 4.78 is 27.5. The fourth-order valence-electron chi connectivity index (χ4n) is 4.64. The van der Waals surface area contributed by atoms with Gasteiger partial charge in [0, 0.05) is 23.8 Å². The summed E-state index contributed by atoms with van der Waals surface area (Å²) in [6, 6.07) is 11.5. The van der Waals surface area contributed by atoms with Crippen molar-refractivity contribution in [2.75, 3.05) is 6.54 Å². The standard InChI is InChI=1S/C28H33N5O5S/c1-18(2)14-24(32-27(35)21-15-20-8-4-5-9-22(20)30-16-21)28(36)31-23-12-11-19(3)33(17-25(23)34)39(37,38)26-10-6-7-13-29-26/h4-10,13,15-16,18-19,23-24H,11-12,14,17H2,1-3H3,(H,31,36)(H,32,35)/t19-,23+,24+/m1/s1. The van der Waals surface area contributed by atoms with Crippen molar-refractivity contribution in [1.29, 1.82) is 0 Å². The van der Waals surface area contributed by atoms with E-state index in [0.29, 0.717) is 18.4 Å². The molecule has 2 aromatic heterocycles. The lowest BCUT2D eigenvalue weighted by molar-refractivity contribution is -0.129. The van der Waals surface area contributed by atoms with Gasteiger partial charge < -0.3 is 10.6 Å². The fraction of sp³-hybridized carbons (Fsp3) is 0.393. The number of nitrogens with one attached hydrogen (secondary N) is 2. The van der Waals surface area contributed by atoms with E-state index in [0.717, 1.165) is 15.2 Å². The Bertz CT molecular complexity index is 1460. The number of nitrogens with zero attached hydrogens (tertiary/aromatic N) is 3. The third kappa shape index (κ3) is 6.66. The van der Waals surface area contributed by atoms with Crippen LogP contribution in [0.5, 0.6) is 0 Å². The van der Waals surface area contributed by atoms with Crippen molar-refractivity contribution in [3.8, 4) is 0 Å². The Labute approximate surface area is 228 Å². The number of ketones is 1. The van der Waals surface area contributed by atoms with Crippen molar-refractivity contribution < 1.29 is 22.8 Å². The summed E-state index contributed by atoms with van der Waals surface area (Å²) in [5.74, 6) is -1.26. The number of para-hydroxylation sites is 1. The van der Waals surface area contributed by atoms with E-state index in [4.69, 9.17) is 0 Å². The maximum atomic E-state index is 13.3. The molecule has 0 spiro atoms. The maximum absolute atomic E-state index is 13.3. The average molecular weight is 552 g/mol. The predicted octanol–water partition coefficient (Wildman–Crippen LogP) is 2.70. The number of pyridine rings is 2. The van der Waals surface area contributed by atoms with E-state index in [1.165, 1.54) is 18.5 Å². The van der Waals surface area contributed by atoms with Gasteiger partial charge in [-0.05, 0) is 56.4 Å². The Balaban J connectivity index is 1.47. The number of Topliss-reactive ketones (excluding diaryl/α,β-unsaturated/α-hetero) is 1. The maximum Gasteiger partial charge on any atom is 0.261 e. The molecule has 3 atom stereocenters. The zero-order chi connectivity index (χ0) is 28.2. The highest BCUT2D eigenvalue weighted by atomic mass is 32.2. The Hall–Kier alpha value is -3.70. The summed E-state index contributed by atoms with van der Waals surface area (Å²) in [6.45, 7) is 5.22. The minimum absolute atomic E-state index is 0.0830. The number of hydrogen-bond acceptors (Lipinski definition) is 7. The molecule has 1 aliphatic heterocycles. The lowest BCUT2D eigenvalue weighted by atomic mass is 10.0. The van der Waals surface area contributed by atoms with Gasteiger partial charge in [-0.25, -0.2) is 13.4 Å². The topological polar surface area (TPSA) is 138 Å². The van der Waals surface area contributed by atoms with Crippen LogP contribution in [0, 0.1) is 5.92 Å². The summed E-state index contributed by atoms with van der Waals surface area (Å²) in [5, 5.41) is 6.25. The summed E-state index contributed by atoms with van der Waals surface area (Å²) in [7, 11) is -3.99. The van der Waals surface area contributed by atoms with Gasteiger partial charge >= 0.3 is 0 Å². The number of hydrogen-bond donors (Lipinski definition) is 2. The number of benzene rings is 1. The molecule has 0 saturated carbocycles. The minimum atomic E-state index is -3.99. The predicted molar refractivity (Wildman–Crippen MR) is 146 cm³/mol. The van der Waals surface area contributed by atoms with E-state index < -0.39 is 45.7 Å². The van der Waals surface area contributed by atoms with Crippen LogP contribution < -0.4 is 10.6 Å². The van der Waals surface area contributed by atoms with Crippen LogP contribution in [0.25, 0.3) is 10.9 Å². The Morgan fingerprint density at radius 2 is 1.82 bits per heavy atom. The number of fused-ring (bicyclic) bond motifs is 1. The van der Waals surface area contributed by atoms with E-state index in [1.807, 2.05) is 38.1 Å². The molecule has 206 valence electrons. The highest BCUT2D eigenvalue weighted by Gasteiger charge is 2.38. The largest absolute Gasteiger partial charge is 0.344 e. The molecule has 10 nitrogen and oxygen atoms in total. The second kappa shape index (κ2) is 12.0. The summed E-state index contributed by atoms with van der Waals surface area (Å²) in [4.78, 5) is 47.8. The van der Waals surface area contributed by atoms with Crippen LogP contribution in [0.15, 0.2) is 66.0 Å². The highest BCUT2D eigenvalue weighted by molar-refractivity contribution is 7.89. The zero-order valence-electron chi connectivity index (χ0n) is 22.2. The first-order chi connectivity index (χ1) is 18.6. The second-order valence-electron chi connectivity index (χ2n) is 10.2. The molecule has 3 heterocycles. The van der Waals surface area contributed by atoms with Crippen LogP contribution in [-0.4, -0.2) is 65.0 Å². The van der Waals surface area contributed by atoms with Gasteiger partial charge in [0.15, 0.2) is 10.8 Å². The normalized spacial score (nSPS) is 19.4. The zero-order valence-corrected chi connectivity index (χ0v) is 23.0. The van der Waals surface area contributed by atoms with E-state index in [1.54, 1.807) is 25.1 Å². The number of sulfonamides is 1. The molecule has 0 unspecified atom stereocenters. The van der Waals surface area contributed by atoms with Crippen molar-refractivity contribution >= 4 is 38.5 Å². The second-order valence-corrected chi connectivity index (χ2v) is 12.1. The van der Waals surface area contributed by atoms with Crippen LogP contribution in [-0.2, 0) is 19.6 Å². The van der Waals surface area contributed by atoms with Crippen LogP contribution >= 0.6 is 0 Å². The monoisotopic (exact) mass is 551 g/mol. The van der Waals surface area contributed by atoms with Gasteiger partial charge in [-0.1, -0.05) is 38.1 Å². The smallest absolute Gasteiger partial charge is 0.261 e. The molecule has 3 aromatic rings. The summed E-state index contributed by atoms with van der Waals surface area (Å²) >= 11 is 0. The third-order valence-corrected chi connectivity index (χ3v) is 8.65. The minimum Gasteiger partial charge on any atom is -0.344 e. The molecular formula is C28H33N5O5S. The highest BCUT2D eigenvalue weighted by Crippen LogP contribution is 2.23. The molecule has 2 amide bonds. The van der Waals surface area contributed by atoms with Gasteiger partial charge in [0.25, 0.3) is 15.9 Å². The SMILES string of the molecule is CC(C)C[C@H](NC(=O)c1cnc2ccccc2c1)C(=O)N[C@H]1CC[C@@H](C)N(S(=O)(=O)c2ccccn2)CC1=O. The molecule has 1 aromatic carbocycles. The molecule has 1 aliphatic rings. The number of rotatable bonds is 8. The summed E-state index contributed by atoms with van der Waals surface area (Å²) in [6.07, 6.45) is 3.85. The van der Waals surface area contributed by atoms with Crippen LogP contribution in [0.4, 0.5) is 0 Å². The Kier molecular flexibility index (Phi) is 8.71. The number of carbonyl (C=O) groups excluding carboxylic acids is 3. The molecule has 11 heteroatoms.